The molecule has 24 heavy (non-hydrogen) atoms. The normalized spacial score (nSPS) is 10.9. The fraction of sp³-hybridized carbons (Fsp3) is 0.333. The number of guanidine groups is 1. The maximum atomic E-state index is 5.79. The van der Waals surface area contributed by atoms with E-state index in [1.54, 1.807) is 6.20 Å². The van der Waals surface area contributed by atoms with E-state index in [2.05, 4.69) is 58.7 Å². The topological polar surface area (TPSA) is 49.3 Å². The lowest BCUT2D eigenvalue weighted by Gasteiger charge is -2.11. The summed E-state index contributed by atoms with van der Waals surface area (Å²) in [5.41, 5.74) is 3.62. The van der Waals surface area contributed by atoms with Crippen LogP contribution in [0.15, 0.2) is 47.6 Å². The SMILES string of the molecule is CCNC(=NCc1cccc(C)c1)NCCc1ccc(Cl)nc1.I. The third-order valence-electron chi connectivity index (χ3n) is 3.34. The fourth-order valence-electron chi connectivity index (χ4n) is 2.20. The zero-order valence-corrected chi connectivity index (χ0v) is 17.1. The van der Waals surface area contributed by atoms with Crippen LogP contribution in [0.2, 0.25) is 5.15 Å². The molecule has 0 aliphatic heterocycles. The number of hydrogen-bond acceptors (Lipinski definition) is 2. The number of aliphatic imine (C=N–C) groups is 1. The van der Waals surface area contributed by atoms with Crippen LogP contribution in [0.1, 0.15) is 23.6 Å². The predicted molar refractivity (Wildman–Crippen MR) is 112 cm³/mol. The monoisotopic (exact) mass is 458 g/mol. The Morgan fingerprint density at radius 1 is 1.17 bits per heavy atom. The quantitative estimate of drug-likeness (QED) is 0.298. The summed E-state index contributed by atoms with van der Waals surface area (Å²) in [4.78, 5) is 8.72. The third-order valence-corrected chi connectivity index (χ3v) is 3.56. The van der Waals surface area contributed by atoms with Crippen molar-refractivity contribution < 1.29 is 0 Å². The lowest BCUT2D eigenvalue weighted by Crippen LogP contribution is -2.38. The van der Waals surface area contributed by atoms with Crippen LogP contribution in [0.5, 0.6) is 0 Å². The lowest BCUT2D eigenvalue weighted by molar-refractivity contribution is 0.798. The fourth-order valence-corrected chi connectivity index (χ4v) is 2.31. The van der Waals surface area contributed by atoms with Gasteiger partial charge in [0.25, 0.3) is 0 Å². The maximum absolute atomic E-state index is 5.79. The van der Waals surface area contributed by atoms with Gasteiger partial charge in [0, 0.05) is 19.3 Å². The van der Waals surface area contributed by atoms with Crippen LogP contribution in [-0.4, -0.2) is 24.0 Å². The van der Waals surface area contributed by atoms with Gasteiger partial charge in [-0.15, -0.1) is 24.0 Å². The molecule has 0 aliphatic rings. The molecular weight excluding hydrogens is 435 g/mol. The van der Waals surface area contributed by atoms with Crippen molar-refractivity contribution in [2.75, 3.05) is 13.1 Å². The van der Waals surface area contributed by atoms with Crippen LogP contribution < -0.4 is 10.6 Å². The predicted octanol–water partition coefficient (Wildman–Crippen LogP) is 3.96. The molecule has 0 saturated carbocycles. The Hall–Kier alpha value is -1.34. The van der Waals surface area contributed by atoms with Gasteiger partial charge in [-0.25, -0.2) is 9.98 Å². The molecule has 0 spiro atoms. The second-order valence-electron chi connectivity index (χ2n) is 5.35. The Kier molecular flexibility index (Phi) is 9.71. The number of pyridine rings is 1. The van der Waals surface area contributed by atoms with E-state index in [0.29, 0.717) is 11.7 Å². The Morgan fingerprint density at radius 3 is 2.67 bits per heavy atom. The molecule has 1 aromatic carbocycles. The van der Waals surface area contributed by atoms with E-state index in [4.69, 9.17) is 11.6 Å². The number of aryl methyl sites for hydroxylation is 1. The van der Waals surface area contributed by atoms with Gasteiger partial charge < -0.3 is 10.6 Å². The van der Waals surface area contributed by atoms with Crippen LogP contribution in [-0.2, 0) is 13.0 Å². The molecule has 0 atom stereocenters. The summed E-state index contributed by atoms with van der Waals surface area (Å²) in [5, 5.41) is 7.13. The molecule has 2 aromatic rings. The first-order valence-electron chi connectivity index (χ1n) is 7.85. The van der Waals surface area contributed by atoms with Crippen molar-refractivity contribution in [2.24, 2.45) is 4.99 Å². The molecule has 0 amide bonds. The standard InChI is InChI=1S/C18H23ClN4.HI/c1-3-20-18(23-13-16-6-4-5-14(2)11-16)21-10-9-15-7-8-17(19)22-12-15;/h4-8,11-12H,3,9-10,13H2,1-2H3,(H2,20,21,23);1H. The molecule has 2 N–H and O–H groups in total. The summed E-state index contributed by atoms with van der Waals surface area (Å²) in [6.07, 6.45) is 2.68. The molecule has 0 unspecified atom stereocenters. The van der Waals surface area contributed by atoms with E-state index >= 15 is 0 Å². The Morgan fingerprint density at radius 2 is 2.00 bits per heavy atom. The second-order valence-corrected chi connectivity index (χ2v) is 5.74. The minimum Gasteiger partial charge on any atom is -0.357 e. The van der Waals surface area contributed by atoms with E-state index in [9.17, 15) is 0 Å². The highest BCUT2D eigenvalue weighted by Crippen LogP contribution is 2.06. The Bertz CT molecular complexity index is 644. The number of nitrogens with one attached hydrogen (secondary N) is 2. The zero-order valence-electron chi connectivity index (χ0n) is 14.1. The molecule has 1 aromatic heterocycles. The number of nitrogens with zero attached hydrogens (tertiary/aromatic N) is 2. The molecule has 0 saturated heterocycles. The second kappa shape index (κ2) is 11.3. The van der Waals surface area contributed by atoms with Crippen molar-refractivity contribution in [1.29, 1.82) is 0 Å². The summed E-state index contributed by atoms with van der Waals surface area (Å²) in [6.45, 7) is 6.45. The average Bonchev–Trinajstić information content (AvgIpc) is 2.54. The van der Waals surface area contributed by atoms with Crippen molar-refractivity contribution in [3.05, 3.63) is 64.4 Å². The molecule has 2 rings (SSSR count). The number of rotatable bonds is 6. The first kappa shape index (κ1) is 20.7. The molecule has 0 bridgehead atoms. The van der Waals surface area contributed by atoms with Crippen molar-refractivity contribution >= 4 is 41.5 Å². The van der Waals surface area contributed by atoms with Gasteiger partial charge in [0.1, 0.15) is 5.15 Å². The summed E-state index contributed by atoms with van der Waals surface area (Å²) >= 11 is 5.79. The molecule has 0 aliphatic carbocycles. The highest BCUT2D eigenvalue weighted by Gasteiger charge is 1.99. The van der Waals surface area contributed by atoms with Gasteiger partial charge in [-0.1, -0.05) is 47.5 Å². The van der Waals surface area contributed by atoms with Crippen LogP contribution in [0.3, 0.4) is 0 Å². The number of benzene rings is 1. The molecule has 0 fully saturated rings. The van der Waals surface area contributed by atoms with E-state index in [-0.39, 0.29) is 24.0 Å². The minimum atomic E-state index is 0. The van der Waals surface area contributed by atoms with Gasteiger partial charge in [-0.05, 0) is 37.5 Å². The summed E-state index contributed by atoms with van der Waals surface area (Å²) in [7, 11) is 0. The van der Waals surface area contributed by atoms with Crippen LogP contribution in [0, 0.1) is 6.92 Å². The first-order valence-corrected chi connectivity index (χ1v) is 8.23. The average molecular weight is 459 g/mol. The van der Waals surface area contributed by atoms with Crippen molar-refractivity contribution in [2.45, 2.75) is 26.8 Å². The summed E-state index contributed by atoms with van der Waals surface area (Å²) < 4.78 is 0. The molecule has 6 heteroatoms. The van der Waals surface area contributed by atoms with Crippen molar-refractivity contribution in [3.8, 4) is 0 Å². The van der Waals surface area contributed by atoms with Crippen LogP contribution in [0.4, 0.5) is 0 Å². The van der Waals surface area contributed by atoms with Crippen LogP contribution in [0.25, 0.3) is 0 Å². The van der Waals surface area contributed by atoms with E-state index in [1.807, 2.05) is 12.1 Å². The van der Waals surface area contributed by atoms with Crippen molar-refractivity contribution in [3.63, 3.8) is 0 Å². The zero-order chi connectivity index (χ0) is 16.5. The van der Waals surface area contributed by atoms with Gasteiger partial charge >= 0.3 is 0 Å². The Labute approximate surface area is 166 Å². The Balaban J connectivity index is 0.00000288. The highest BCUT2D eigenvalue weighted by atomic mass is 127. The lowest BCUT2D eigenvalue weighted by atomic mass is 10.1. The molecule has 4 nitrogen and oxygen atoms in total. The first-order chi connectivity index (χ1) is 11.2. The largest absolute Gasteiger partial charge is 0.357 e. The minimum absolute atomic E-state index is 0. The molecular formula is C18H24ClIN4. The van der Waals surface area contributed by atoms with Crippen LogP contribution >= 0.6 is 35.6 Å². The molecule has 1 heterocycles. The smallest absolute Gasteiger partial charge is 0.191 e. The molecule has 130 valence electrons. The highest BCUT2D eigenvalue weighted by molar-refractivity contribution is 14.0. The van der Waals surface area contributed by atoms with E-state index in [0.717, 1.165) is 31.0 Å². The van der Waals surface area contributed by atoms with Gasteiger partial charge in [0.2, 0.25) is 0 Å². The maximum Gasteiger partial charge on any atom is 0.191 e. The van der Waals surface area contributed by atoms with Gasteiger partial charge in [0.05, 0.1) is 6.54 Å². The number of halogens is 2. The third kappa shape index (κ3) is 7.49. The summed E-state index contributed by atoms with van der Waals surface area (Å²) in [5.74, 6) is 0.830. The number of aromatic nitrogens is 1. The van der Waals surface area contributed by atoms with E-state index < -0.39 is 0 Å². The number of hydrogen-bond donors (Lipinski definition) is 2. The summed E-state index contributed by atoms with van der Waals surface area (Å²) in [6, 6.07) is 12.2. The molecule has 0 radical (unpaired) electrons. The van der Waals surface area contributed by atoms with Gasteiger partial charge in [-0.2, -0.15) is 0 Å². The van der Waals surface area contributed by atoms with E-state index in [1.165, 1.54) is 11.1 Å². The van der Waals surface area contributed by atoms with Gasteiger partial charge in [0.15, 0.2) is 5.96 Å². The van der Waals surface area contributed by atoms with Gasteiger partial charge in [-0.3, -0.25) is 0 Å². The van der Waals surface area contributed by atoms with Crippen molar-refractivity contribution in [1.82, 2.24) is 15.6 Å².